The summed E-state index contributed by atoms with van der Waals surface area (Å²) in [4.78, 5) is 23.2. The smallest absolute Gasteiger partial charge is 0.284 e. The third kappa shape index (κ3) is 4.67. The molecule has 0 aromatic heterocycles. The molecule has 0 radical (unpaired) electrons. The first-order valence-corrected chi connectivity index (χ1v) is 2.45. The quantitative estimate of drug-likeness (QED) is 0.326. The average Bonchev–Trinajstić information content (AvgIpc) is 1.85. The van der Waals surface area contributed by atoms with Gasteiger partial charge in [0.05, 0.1) is 6.42 Å². The second-order valence-electron chi connectivity index (χ2n) is 1.31. The molecule has 0 heterocycles. The van der Waals surface area contributed by atoms with Crippen molar-refractivity contribution in [2.24, 2.45) is 5.34 Å². The lowest BCUT2D eigenvalue weighted by Crippen LogP contribution is -1.95. The van der Waals surface area contributed by atoms with E-state index in [9.17, 15) is 9.70 Å². The molecule has 0 aromatic carbocycles. The highest BCUT2D eigenvalue weighted by atomic mass is 16.7. The molecule has 0 spiro atoms. The number of carbonyl (C=O) groups is 1. The van der Waals surface area contributed by atoms with Crippen LogP contribution < -0.4 is 0 Å². The van der Waals surface area contributed by atoms with Crippen molar-refractivity contribution in [2.75, 3.05) is 0 Å². The molecule has 0 aliphatic rings. The Balaban J connectivity index is 3.38. The third-order valence-corrected chi connectivity index (χ3v) is 0.659. The predicted molar refractivity (Wildman–Crippen MR) is 31.3 cm³/mol. The molecule has 0 rings (SSSR count). The van der Waals surface area contributed by atoms with Gasteiger partial charge in [-0.3, -0.25) is 4.84 Å². The molecule has 0 aliphatic carbocycles. The van der Waals surface area contributed by atoms with Crippen LogP contribution in [0.5, 0.6) is 0 Å². The zero-order valence-electron chi connectivity index (χ0n) is 5.03. The van der Waals surface area contributed by atoms with E-state index >= 15 is 0 Å². The van der Waals surface area contributed by atoms with Crippen molar-refractivity contribution in [3.63, 3.8) is 0 Å². The van der Waals surface area contributed by atoms with Crippen molar-refractivity contribution >= 4 is 5.97 Å². The van der Waals surface area contributed by atoms with Crippen molar-refractivity contribution in [1.29, 1.82) is 0 Å². The van der Waals surface area contributed by atoms with Gasteiger partial charge >= 0.3 is 5.97 Å². The van der Waals surface area contributed by atoms with E-state index < -0.39 is 5.97 Å². The fourth-order valence-electron chi connectivity index (χ4n) is 0.293. The molecule has 9 heavy (non-hydrogen) atoms. The van der Waals surface area contributed by atoms with Crippen LogP contribution >= 0.6 is 0 Å². The fraction of sp³-hybridized carbons (Fsp3) is 0.400. The molecular weight excluding hydrogens is 122 g/mol. The molecule has 0 unspecified atom stereocenters. The highest BCUT2D eigenvalue weighted by Gasteiger charge is 1.96. The van der Waals surface area contributed by atoms with E-state index in [1.807, 2.05) is 5.34 Å². The highest BCUT2D eigenvalue weighted by Crippen LogP contribution is 1.87. The Morgan fingerprint density at radius 1 is 1.78 bits per heavy atom. The highest BCUT2D eigenvalue weighted by molar-refractivity contribution is 5.70. The van der Waals surface area contributed by atoms with E-state index in [1.54, 1.807) is 19.1 Å². The zero-order valence-corrected chi connectivity index (χ0v) is 5.03. The van der Waals surface area contributed by atoms with Gasteiger partial charge in [-0.1, -0.05) is 12.2 Å². The van der Waals surface area contributed by atoms with E-state index in [4.69, 9.17) is 0 Å². The van der Waals surface area contributed by atoms with Gasteiger partial charge in [-0.15, -0.1) is 4.91 Å². The topological polar surface area (TPSA) is 55.7 Å². The molecule has 0 atom stereocenters. The maximum absolute atomic E-state index is 10.2. The van der Waals surface area contributed by atoms with Crippen molar-refractivity contribution in [3.05, 3.63) is 17.1 Å². The van der Waals surface area contributed by atoms with Crippen LogP contribution in [0.4, 0.5) is 0 Å². The number of hydrogen-bond acceptors (Lipinski definition) is 4. The Morgan fingerprint density at radius 2 is 2.44 bits per heavy atom. The predicted octanol–water partition coefficient (Wildman–Crippen LogP) is 1.18. The van der Waals surface area contributed by atoms with E-state index in [1.165, 1.54) is 0 Å². The summed E-state index contributed by atoms with van der Waals surface area (Å²) < 4.78 is 0. The lowest BCUT2D eigenvalue weighted by molar-refractivity contribution is -0.142. The number of carbonyl (C=O) groups excluding carboxylic acids is 1. The normalized spacial score (nSPS) is 9.44. The lowest BCUT2D eigenvalue weighted by Gasteiger charge is -1.84. The maximum Gasteiger partial charge on any atom is 0.342 e. The number of allylic oxidation sites excluding steroid dienone is 1. The minimum atomic E-state index is -0.636. The van der Waals surface area contributed by atoms with Gasteiger partial charge < -0.3 is 0 Å². The number of hydrogen-bond donors (Lipinski definition) is 0. The first kappa shape index (κ1) is 7.81. The van der Waals surface area contributed by atoms with E-state index in [2.05, 4.69) is 4.84 Å². The molecule has 4 nitrogen and oxygen atoms in total. The fourth-order valence-corrected chi connectivity index (χ4v) is 0.293. The first-order valence-electron chi connectivity index (χ1n) is 2.45. The van der Waals surface area contributed by atoms with Crippen LogP contribution in [0.3, 0.4) is 0 Å². The Morgan fingerprint density at radius 3 is 2.89 bits per heavy atom. The van der Waals surface area contributed by atoms with Gasteiger partial charge in [0.15, 0.2) is 5.34 Å². The van der Waals surface area contributed by atoms with Gasteiger partial charge in [0.25, 0.3) is 0 Å². The Bertz CT molecular complexity index is 130. The van der Waals surface area contributed by atoms with Crippen molar-refractivity contribution < 1.29 is 9.63 Å². The van der Waals surface area contributed by atoms with Gasteiger partial charge in [0.1, 0.15) is 0 Å². The summed E-state index contributed by atoms with van der Waals surface area (Å²) in [5.41, 5.74) is 0. The van der Waals surface area contributed by atoms with Gasteiger partial charge in [0.2, 0.25) is 0 Å². The summed E-state index contributed by atoms with van der Waals surface area (Å²) in [5.74, 6) is -0.636. The molecule has 0 N–H and O–H groups in total. The van der Waals surface area contributed by atoms with Crippen LogP contribution in [0, 0.1) is 4.91 Å². The molecule has 0 saturated carbocycles. The summed E-state index contributed by atoms with van der Waals surface area (Å²) >= 11 is 0. The minimum Gasteiger partial charge on any atom is -0.284 e. The summed E-state index contributed by atoms with van der Waals surface area (Å²) in [7, 11) is 0. The number of rotatable bonds is 3. The molecule has 0 fully saturated rings. The molecular formula is C5H7NO3. The molecule has 0 aliphatic heterocycles. The van der Waals surface area contributed by atoms with E-state index in [0.717, 1.165) is 0 Å². The summed E-state index contributed by atoms with van der Waals surface area (Å²) in [6.45, 7) is 1.77. The van der Waals surface area contributed by atoms with Crippen LogP contribution in [-0.2, 0) is 9.63 Å². The second kappa shape index (κ2) is 4.96. The largest absolute Gasteiger partial charge is 0.342 e. The van der Waals surface area contributed by atoms with Crippen LogP contribution in [0.15, 0.2) is 17.5 Å². The van der Waals surface area contributed by atoms with Crippen LogP contribution in [0.2, 0.25) is 0 Å². The van der Waals surface area contributed by atoms with Crippen molar-refractivity contribution in [2.45, 2.75) is 13.3 Å². The maximum atomic E-state index is 10.2. The monoisotopic (exact) mass is 129 g/mol. The van der Waals surface area contributed by atoms with Crippen molar-refractivity contribution in [1.82, 2.24) is 0 Å². The van der Waals surface area contributed by atoms with Gasteiger partial charge in [-0.25, -0.2) is 4.79 Å². The summed E-state index contributed by atoms with van der Waals surface area (Å²) in [5, 5.41) is 1.96. The van der Waals surface area contributed by atoms with Crippen LogP contribution in [0.1, 0.15) is 13.3 Å². The molecule has 50 valence electrons. The standard InChI is InChI=1S/C5H7NO3/c1-2-3-4-5(7)9-6-8/h2-3H,4H2,1H3/b3-2+. The zero-order chi connectivity index (χ0) is 7.11. The van der Waals surface area contributed by atoms with E-state index in [-0.39, 0.29) is 6.42 Å². The van der Waals surface area contributed by atoms with Gasteiger partial charge in [-0.2, -0.15) is 0 Å². The number of nitrogens with zero attached hydrogens (tertiary/aromatic N) is 1. The van der Waals surface area contributed by atoms with Gasteiger partial charge in [-0.05, 0) is 6.92 Å². The summed E-state index contributed by atoms with van der Waals surface area (Å²) in [6.07, 6.45) is 3.36. The SMILES string of the molecule is C/C=C/CC(=O)ON=O. The van der Waals surface area contributed by atoms with Crippen molar-refractivity contribution in [3.8, 4) is 0 Å². The Labute approximate surface area is 52.4 Å². The molecule has 0 bridgehead atoms. The van der Waals surface area contributed by atoms with Crippen LogP contribution in [0.25, 0.3) is 0 Å². The van der Waals surface area contributed by atoms with E-state index in [0.29, 0.717) is 0 Å². The molecule has 4 heteroatoms. The summed E-state index contributed by atoms with van der Waals surface area (Å²) in [6, 6.07) is 0. The van der Waals surface area contributed by atoms with Crippen LogP contribution in [-0.4, -0.2) is 5.97 Å². The molecule has 0 saturated heterocycles. The Hall–Kier alpha value is -1.19. The second-order valence-corrected chi connectivity index (χ2v) is 1.31. The lowest BCUT2D eigenvalue weighted by atomic mass is 10.4. The molecule has 0 amide bonds. The Kier molecular flexibility index (Phi) is 4.30. The first-order chi connectivity index (χ1) is 4.31. The minimum absolute atomic E-state index is 0.0994. The average molecular weight is 129 g/mol. The molecule has 0 aromatic rings. The third-order valence-electron chi connectivity index (χ3n) is 0.659. The van der Waals surface area contributed by atoms with Gasteiger partial charge in [0, 0.05) is 0 Å².